The number of imidazole rings is 1. The predicted octanol–water partition coefficient (Wildman–Crippen LogP) is 2.39. The summed E-state index contributed by atoms with van der Waals surface area (Å²) in [6.45, 7) is 3.37. The van der Waals surface area contributed by atoms with Gasteiger partial charge in [-0.05, 0) is 31.9 Å². The average molecular weight is 348 g/mol. The zero-order chi connectivity index (χ0) is 17.9. The van der Waals surface area contributed by atoms with Crippen molar-refractivity contribution < 1.29 is 4.79 Å². The summed E-state index contributed by atoms with van der Waals surface area (Å²) < 4.78 is 1.98. The maximum Gasteiger partial charge on any atom is 0.274 e. The van der Waals surface area contributed by atoms with Gasteiger partial charge in [-0.1, -0.05) is 6.07 Å². The van der Waals surface area contributed by atoms with Crippen molar-refractivity contribution in [2.24, 2.45) is 0 Å². The molecule has 1 aliphatic heterocycles. The first-order valence-corrected chi connectivity index (χ1v) is 8.75. The van der Waals surface area contributed by atoms with Crippen LogP contribution in [0.15, 0.2) is 49.2 Å². The summed E-state index contributed by atoms with van der Waals surface area (Å²) in [6, 6.07) is 6.10. The van der Waals surface area contributed by atoms with Crippen molar-refractivity contribution in [1.82, 2.24) is 29.4 Å². The van der Waals surface area contributed by atoms with Gasteiger partial charge in [0.25, 0.3) is 5.91 Å². The molecule has 0 atom stereocenters. The van der Waals surface area contributed by atoms with Crippen molar-refractivity contribution in [3.8, 4) is 5.82 Å². The van der Waals surface area contributed by atoms with E-state index >= 15 is 0 Å². The van der Waals surface area contributed by atoms with Crippen LogP contribution in [0.25, 0.3) is 5.82 Å². The number of aryl methyl sites for hydroxylation is 1. The molecule has 7 heteroatoms. The fourth-order valence-electron chi connectivity index (χ4n) is 3.37. The Morgan fingerprint density at radius 2 is 1.96 bits per heavy atom. The van der Waals surface area contributed by atoms with E-state index in [1.807, 2.05) is 34.7 Å². The Labute approximate surface area is 151 Å². The quantitative estimate of drug-likeness (QED) is 0.726. The van der Waals surface area contributed by atoms with Crippen LogP contribution in [0.4, 0.5) is 0 Å². The lowest BCUT2D eigenvalue weighted by molar-refractivity contribution is 0.0705. The summed E-state index contributed by atoms with van der Waals surface area (Å²) in [4.78, 5) is 31.5. The molecule has 0 saturated carbocycles. The molecule has 0 bridgehead atoms. The minimum atomic E-state index is -0.0488. The highest BCUT2D eigenvalue weighted by atomic mass is 16.2. The Balaban J connectivity index is 1.45. The first kappa shape index (κ1) is 16.4. The van der Waals surface area contributed by atoms with Crippen molar-refractivity contribution in [3.05, 3.63) is 66.4 Å². The van der Waals surface area contributed by atoms with Crippen LogP contribution < -0.4 is 0 Å². The van der Waals surface area contributed by atoms with Gasteiger partial charge in [-0.25, -0.2) is 15.0 Å². The number of hydrogen-bond donors (Lipinski definition) is 0. The first-order chi connectivity index (χ1) is 12.7. The Bertz CT molecular complexity index is 899. The molecule has 3 aromatic rings. The van der Waals surface area contributed by atoms with E-state index in [-0.39, 0.29) is 5.91 Å². The van der Waals surface area contributed by atoms with Gasteiger partial charge in [0, 0.05) is 49.5 Å². The van der Waals surface area contributed by atoms with Crippen LogP contribution in [0, 0.1) is 6.92 Å². The number of carbonyl (C=O) groups excluding carboxylic acids is 1. The minimum Gasteiger partial charge on any atom is -0.337 e. The minimum absolute atomic E-state index is 0.0488. The van der Waals surface area contributed by atoms with E-state index in [9.17, 15) is 4.79 Å². The molecule has 0 radical (unpaired) electrons. The Kier molecular flexibility index (Phi) is 4.43. The van der Waals surface area contributed by atoms with Gasteiger partial charge in [-0.2, -0.15) is 0 Å². The largest absolute Gasteiger partial charge is 0.337 e. The molecule has 26 heavy (non-hydrogen) atoms. The van der Waals surface area contributed by atoms with Gasteiger partial charge in [-0.15, -0.1) is 0 Å². The van der Waals surface area contributed by atoms with Gasteiger partial charge in [0.05, 0.1) is 6.20 Å². The summed E-state index contributed by atoms with van der Waals surface area (Å²) in [6.07, 6.45) is 10.1. The molecule has 4 rings (SSSR count). The van der Waals surface area contributed by atoms with E-state index in [2.05, 4.69) is 21.0 Å². The van der Waals surface area contributed by atoms with E-state index in [1.54, 1.807) is 18.6 Å². The van der Waals surface area contributed by atoms with Gasteiger partial charge >= 0.3 is 0 Å². The van der Waals surface area contributed by atoms with E-state index in [1.165, 1.54) is 6.20 Å². The summed E-state index contributed by atoms with van der Waals surface area (Å²) in [5.41, 5.74) is 1.48. The van der Waals surface area contributed by atoms with Crippen LogP contribution in [0.1, 0.15) is 40.8 Å². The van der Waals surface area contributed by atoms with Gasteiger partial charge in [0.15, 0.2) is 0 Å². The van der Waals surface area contributed by atoms with Gasteiger partial charge in [-0.3, -0.25) is 14.3 Å². The number of carbonyl (C=O) groups is 1. The number of likely N-dealkylation sites (tertiary alicyclic amines) is 1. The maximum absolute atomic E-state index is 12.5. The predicted molar refractivity (Wildman–Crippen MR) is 96.0 cm³/mol. The molecule has 1 amide bonds. The van der Waals surface area contributed by atoms with E-state index in [0.717, 1.165) is 30.2 Å². The van der Waals surface area contributed by atoms with Crippen LogP contribution in [0.3, 0.4) is 0 Å². The zero-order valence-electron chi connectivity index (χ0n) is 14.6. The molecule has 0 spiro atoms. The molecular formula is C19H20N6O. The fourth-order valence-corrected chi connectivity index (χ4v) is 3.37. The third-order valence-electron chi connectivity index (χ3n) is 4.81. The molecule has 1 saturated heterocycles. The molecule has 7 nitrogen and oxygen atoms in total. The molecule has 0 unspecified atom stereocenters. The van der Waals surface area contributed by atoms with Crippen molar-refractivity contribution in [3.63, 3.8) is 0 Å². The van der Waals surface area contributed by atoms with Gasteiger partial charge < -0.3 is 4.90 Å². The highest BCUT2D eigenvalue weighted by Crippen LogP contribution is 2.28. The second-order valence-electron chi connectivity index (χ2n) is 6.42. The fraction of sp³-hybridized carbons (Fsp3) is 0.316. The number of piperidine rings is 1. The Hall–Kier alpha value is -3.09. The third-order valence-corrected chi connectivity index (χ3v) is 4.81. The van der Waals surface area contributed by atoms with Crippen molar-refractivity contribution in [2.75, 3.05) is 13.1 Å². The van der Waals surface area contributed by atoms with Crippen LogP contribution in [0.2, 0.25) is 0 Å². The molecule has 4 heterocycles. The molecule has 0 N–H and O–H groups in total. The van der Waals surface area contributed by atoms with E-state index in [4.69, 9.17) is 4.98 Å². The first-order valence-electron chi connectivity index (χ1n) is 8.75. The molecular weight excluding hydrogens is 328 g/mol. The second kappa shape index (κ2) is 7.03. The lowest BCUT2D eigenvalue weighted by Crippen LogP contribution is -2.38. The molecule has 0 aliphatic carbocycles. The smallest absolute Gasteiger partial charge is 0.274 e. The van der Waals surface area contributed by atoms with Gasteiger partial charge in [0.1, 0.15) is 17.3 Å². The van der Waals surface area contributed by atoms with Gasteiger partial charge in [0.2, 0.25) is 0 Å². The lowest BCUT2D eigenvalue weighted by atomic mass is 9.93. The van der Waals surface area contributed by atoms with E-state index in [0.29, 0.717) is 24.7 Å². The number of rotatable bonds is 3. The third kappa shape index (κ3) is 3.20. The highest BCUT2D eigenvalue weighted by Gasteiger charge is 2.26. The zero-order valence-corrected chi connectivity index (χ0v) is 14.6. The summed E-state index contributed by atoms with van der Waals surface area (Å²) in [5.74, 6) is 2.10. The average Bonchev–Trinajstić information content (AvgIpc) is 3.14. The lowest BCUT2D eigenvalue weighted by Gasteiger charge is -2.31. The standard InChI is InChI=1S/C19H20N6O/c1-14-21-9-12-25(14)18-4-2-3-16(23-18)15-5-10-24(11-6-15)19(26)17-13-20-7-8-22-17/h2-4,7-9,12-13,15H,5-6,10-11H2,1H3. The number of pyridine rings is 1. The number of aromatic nitrogens is 5. The van der Waals surface area contributed by atoms with E-state index < -0.39 is 0 Å². The molecule has 1 aliphatic rings. The summed E-state index contributed by atoms with van der Waals surface area (Å²) >= 11 is 0. The Morgan fingerprint density at radius 1 is 1.12 bits per heavy atom. The molecule has 0 aromatic carbocycles. The highest BCUT2D eigenvalue weighted by molar-refractivity contribution is 5.92. The monoisotopic (exact) mass is 348 g/mol. The van der Waals surface area contributed by atoms with Crippen LogP contribution in [-0.4, -0.2) is 48.4 Å². The Morgan fingerprint density at radius 3 is 2.65 bits per heavy atom. The SMILES string of the molecule is Cc1nccn1-c1cccc(C2CCN(C(=O)c3cnccn3)CC2)n1. The normalized spacial score (nSPS) is 15.2. The van der Waals surface area contributed by atoms with Crippen LogP contribution in [-0.2, 0) is 0 Å². The second-order valence-corrected chi connectivity index (χ2v) is 6.42. The molecule has 132 valence electrons. The van der Waals surface area contributed by atoms with Crippen LogP contribution >= 0.6 is 0 Å². The van der Waals surface area contributed by atoms with Crippen molar-refractivity contribution in [1.29, 1.82) is 0 Å². The van der Waals surface area contributed by atoms with Crippen molar-refractivity contribution >= 4 is 5.91 Å². The van der Waals surface area contributed by atoms with Crippen molar-refractivity contribution in [2.45, 2.75) is 25.7 Å². The van der Waals surface area contributed by atoms with Crippen LogP contribution in [0.5, 0.6) is 0 Å². The number of hydrogen-bond acceptors (Lipinski definition) is 5. The maximum atomic E-state index is 12.5. The topological polar surface area (TPSA) is 76.8 Å². The summed E-state index contributed by atoms with van der Waals surface area (Å²) in [7, 11) is 0. The molecule has 3 aromatic heterocycles. The summed E-state index contributed by atoms with van der Waals surface area (Å²) in [5, 5.41) is 0. The number of nitrogens with zero attached hydrogens (tertiary/aromatic N) is 6. The molecule has 1 fully saturated rings. The number of amides is 1.